The van der Waals surface area contributed by atoms with Crippen molar-refractivity contribution >= 4 is 6.09 Å². The molecular weight excluding hydrogens is 386 g/mol. The molecule has 1 atom stereocenters. The lowest BCUT2D eigenvalue weighted by molar-refractivity contribution is 0.0713. The van der Waals surface area contributed by atoms with Gasteiger partial charge in [-0.25, -0.2) is 4.79 Å². The SMILES string of the molecule is O=C(OCC1c2ccccc2-c2ccccc21)N1CCCCC1Cc1ccc(O)cc1. The molecule has 3 aromatic rings. The summed E-state index contributed by atoms with van der Waals surface area (Å²) in [6, 6.07) is 24.2. The average Bonchev–Trinajstić information content (AvgIpc) is 3.13. The first-order chi connectivity index (χ1) is 15.2. The number of piperidine rings is 1. The Morgan fingerprint density at radius 2 is 1.55 bits per heavy atom. The Balaban J connectivity index is 1.30. The molecule has 1 fully saturated rings. The minimum absolute atomic E-state index is 0.0803. The second kappa shape index (κ2) is 8.46. The molecule has 31 heavy (non-hydrogen) atoms. The van der Waals surface area contributed by atoms with Crippen LogP contribution in [0.15, 0.2) is 72.8 Å². The number of benzene rings is 3. The normalized spacial score (nSPS) is 17.8. The van der Waals surface area contributed by atoms with E-state index in [0.717, 1.165) is 37.8 Å². The minimum Gasteiger partial charge on any atom is -0.508 e. The van der Waals surface area contributed by atoms with Crippen LogP contribution in [-0.4, -0.2) is 35.3 Å². The van der Waals surface area contributed by atoms with E-state index in [1.165, 1.54) is 22.3 Å². The quantitative estimate of drug-likeness (QED) is 0.593. The summed E-state index contributed by atoms with van der Waals surface area (Å²) in [4.78, 5) is 15.0. The summed E-state index contributed by atoms with van der Waals surface area (Å²) < 4.78 is 5.91. The van der Waals surface area contributed by atoms with Gasteiger partial charge in [0.05, 0.1) is 0 Å². The van der Waals surface area contributed by atoms with Crippen LogP contribution in [0.4, 0.5) is 4.79 Å². The summed E-state index contributed by atoms with van der Waals surface area (Å²) >= 11 is 0. The molecule has 0 saturated carbocycles. The smallest absolute Gasteiger partial charge is 0.410 e. The largest absolute Gasteiger partial charge is 0.508 e. The number of hydrogen-bond donors (Lipinski definition) is 1. The van der Waals surface area contributed by atoms with Crippen LogP contribution in [0.1, 0.15) is 41.9 Å². The number of phenols is 1. The number of phenolic OH excluding ortho intramolecular Hbond substituents is 1. The van der Waals surface area contributed by atoms with Crippen molar-refractivity contribution in [3.8, 4) is 16.9 Å². The van der Waals surface area contributed by atoms with Gasteiger partial charge in [-0.3, -0.25) is 0 Å². The molecule has 1 aliphatic carbocycles. The number of nitrogens with zero attached hydrogens (tertiary/aromatic N) is 1. The molecule has 158 valence electrons. The van der Waals surface area contributed by atoms with Gasteiger partial charge in [0.15, 0.2) is 0 Å². The number of likely N-dealkylation sites (tertiary alicyclic amines) is 1. The van der Waals surface area contributed by atoms with Crippen LogP contribution in [0.3, 0.4) is 0 Å². The summed E-state index contributed by atoms with van der Waals surface area (Å²) in [5.41, 5.74) is 6.07. The molecule has 1 aliphatic heterocycles. The fraction of sp³-hybridized carbons (Fsp3) is 0.296. The number of carbonyl (C=O) groups is 1. The maximum atomic E-state index is 13.1. The summed E-state index contributed by atoms with van der Waals surface area (Å²) in [5.74, 6) is 0.345. The van der Waals surface area contributed by atoms with E-state index in [4.69, 9.17) is 4.74 Å². The lowest BCUT2D eigenvalue weighted by Gasteiger charge is -2.35. The first-order valence-electron chi connectivity index (χ1n) is 11.1. The number of amides is 1. The molecule has 0 bridgehead atoms. The molecule has 0 aromatic heterocycles. The monoisotopic (exact) mass is 413 g/mol. The minimum atomic E-state index is -0.217. The van der Waals surface area contributed by atoms with E-state index >= 15 is 0 Å². The molecule has 1 unspecified atom stereocenters. The van der Waals surface area contributed by atoms with Crippen molar-refractivity contribution in [1.82, 2.24) is 4.90 Å². The van der Waals surface area contributed by atoms with Crippen molar-refractivity contribution in [1.29, 1.82) is 0 Å². The zero-order chi connectivity index (χ0) is 21.2. The van der Waals surface area contributed by atoms with Crippen LogP contribution in [0, 0.1) is 0 Å². The molecule has 2 aliphatic rings. The average molecular weight is 414 g/mol. The second-order valence-corrected chi connectivity index (χ2v) is 8.52. The Morgan fingerprint density at radius 1 is 0.903 bits per heavy atom. The van der Waals surface area contributed by atoms with E-state index in [2.05, 4.69) is 48.5 Å². The summed E-state index contributed by atoms with van der Waals surface area (Å²) in [6.45, 7) is 1.09. The highest BCUT2D eigenvalue weighted by Crippen LogP contribution is 2.44. The fourth-order valence-electron chi connectivity index (χ4n) is 5.03. The van der Waals surface area contributed by atoms with Crippen LogP contribution in [-0.2, 0) is 11.2 Å². The lowest BCUT2D eigenvalue weighted by atomic mass is 9.96. The molecule has 4 nitrogen and oxygen atoms in total. The van der Waals surface area contributed by atoms with Gasteiger partial charge < -0.3 is 14.7 Å². The highest BCUT2D eigenvalue weighted by Gasteiger charge is 2.32. The molecule has 4 heteroatoms. The van der Waals surface area contributed by atoms with Crippen molar-refractivity contribution in [2.45, 2.75) is 37.6 Å². The molecule has 3 aromatic carbocycles. The van der Waals surface area contributed by atoms with Crippen LogP contribution in [0.5, 0.6) is 5.75 Å². The first-order valence-corrected chi connectivity index (χ1v) is 11.1. The van der Waals surface area contributed by atoms with E-state index in [9.17, 15) is 9.90 Å². The summed E-state index contributed by atoms with van der Waals surface area (Å²) in [7, 11) is 0. The predicted octanol–water partition coefficient (Wildman–Crippen LogP) is 5.74. The second-order valence-electron chi connectivity index (χ2n) is 8.52. The van der Waals surface area contributed by atoms with Crippen LogP contribution >= 0.6 is 0 Å². The van der Waals surface area contributed by atoms with E-state index in [0.29, 0.717) is 6.61 Å². The van der Waals surface area contributed by atoms with E-state index in [1.54, 1.807) is 12.1 Å². The Labute approximate surface area is 183 Å². The first kappa shape index (κ1) is 19.7. The summed E-state index contributed by atoms with van der Waals surface area (Å²) in [5, 5.41) is 9.53. The van der Waals surface area contributed by atoms with Crippen molar-refractivity contribution < 1.29 is 14.6 Å². The molecule has 1 N–H and O–H groups in total. The van der Waals surface area contributed by atoms with Gasteiger partial charge in [0.1, 0.15) is 12.4 Å². The van der Waals surface area contributed by atoms with Gasteiger partial charge in [0, 0.05) is 18.5 Å². The van der Waals surface area contributed by atoms with Crippen molar-refractivity contribution in [3.63, 3.8) is 0 Å². The zero-order valence-electron chi connectivity index (χ0n) is 17.5. The third-order valence-corrected chi connectivity index (χ3v) is 6.61. The number of ether oxygens (including phenoxy) is 1. The van der Waals surface area contributed by atoms with Gasteiger partial charge >= 0.3 is 6.09 Å². The fourth-order valence-corrected chi connectivity index (χ4v) is 5.03. The molecule has 0 radical (unpaired) electrons. The molecule has 1 heterocycles. The Hall–Kier alpha value is -3.27. The van der Waals surface area contributed by atoms with Crippen LogP contribution in [0.25, 0.3) is 11.1 Å². The van der Waals surface area contributed by atoms with Crippen molar-refractivity contribution in [2.24, 2.45) is 0 Å². The zero-order valence-corrected chi connectivity index (χ0v) is 17.5. The van der Waals surface area contributed by atoms with Gasteiger partial charge in [-0.1, -0.05) is 60.7 Å². The topological polar surface area (TPSA) is 49.8 Å². The number of fused-ring (bicyclic) bond motifs is 3. The maximum Gasteiger partial charge on any atom is 0.410 e. The molecule has 1 amide bonds. The third-order valence-electron chi connectivity index (χ3n) is 6.61. The van der Waals surface area contributed by atoms with Crippen LogP contribution < -0.4 is 0 Å². The van der Waals surface area contributed by atoms with Gasteiger partial charge in [-0.2, -0.15) is 0 Å². The predicted molar refractivity (Wildman–Crippen MR) is 121 cm³/mol. The summed E-state index contributed by atoms with van der Waals surface area (Å²) in [6.07, 6.45) is 3.67. The van der Waals surface area contributed by atoms with Gasteiger partial charge in [0.25, 0.3) is 0 Å². The number of carbonyl (C=O) groups excluding carboxylic acids is 1. The Bertz CT molecular complexity index is 1030. The highest BCUT2D eigenvalue weighted by molar-refractivity contribution is 5.79. The highest BCUT2D eigenvalue weighted by atomic mass is 16.6. The number of aromatic hydroxyl groups is 1. The molecule has 0 spiro atoms. The lowest BCUT2D eigenvalue weighted by Crippen LogP contribution is -2.45. The maximum absolute atomic E-state index is 13.1. The molecule has 1 saturated heterocycles. The number of hydrogen-bond acceptors (Lipinski definition) is 3. The number of rotatable bonds is 4. The van der Waals surface area contributed by atoms with E-state index in [1.807, 2.05) is 17.0 Å². The van der Waals surface area contributed by atoms with Gasteiger partial charge in [-0.15, -0.1) is 0 Å². The van der Waals surface area contributed by atoms with Crippen molar-refractivity contribution in [3.05, 3.63) is 89.5 Å². The van der Waals surface area contributed by atoms with E-state index in [-0.39, 0.29) is 23.8 Å². The van der Waals surface area contributed by atoms with Crippen molar-refractivity contribution in [2.75, 3.05) is 13.2 Å². The van der Waals surface area contributed by atoms with Gasteiger partial charge in [-0.05, 0) is 65.6 Å². The van der Waals surface area contributed by atoms with Gasteiger partial charge in [0.2, 0.25) is 0 Å². The molecular formula is C27H27NO3. The molecule has 5 rings (SSSR count). The Morgan fingerprint density at radius 3 is 2.23 bits per heavy atom. The van der Waals surface area contributed by atoms with Crippen LogP contribution in [0.2, 0.25) is 0 Å². The van der Waals surface area contributed by atoms with E-state index < -0.39 is 0 Å². The standard InChI is InChI=1S/C27H27NO3/c29-21-14-12-19(13-15-21)17-20-7-5-6-16-28(20)27(30)31-18-26-24-10-3-1-8-22(24)23-9-2-4-11-25(23)26/h1-4,8-15,20,26,29H,5-7,16-18H2. The Kier molecular flexibility index (Phi) is 5.37. The third kappa shape index (κ3) is 3.90.